The van der Waals surface area contributed by atoms with Gasteiger partial charge in [0.05, 0.1) is 17.7 Å². The largest absolute Gasteiger partial charge is 0.463 e. The maximum atomic E-state index is 5.40. The van der Waals surface area contributed by atoms with Gasteiger partial charge in [0.15, 0.2) is 5.76 Å². The van der Waals surface area contributed by atoms with Crippen molar-refractivity contribution in [2.24, 2.45) is 4.99 Å². The molecule has 2 bridgehead atoms. The van der Waals surface area contributed by atoms with E-state index in [1.807, 2.05) is 19.1 Å². The first-order valence-electron chi connectivity index (χ1n) is 5.26. The second-order valence-corrected chi connectivity index (χ2v) is 3.79. The summed E-state index contributed by atoms with van der Waals surface area (Å²) in [6, 6.07) is 5.84. The summed E-state index contributed by atoms with van der Waals surface area (Å²) < 4.78 is 5.40. The Morgan fingerprint density at radius 2 is 2.25 bits per heavy atom. The molecule has 0 radical (unpaired) electrons. The summed E-state index contributed by atoms with van der Waals surface area (Å²) in [6.45, 7) is 2.67. The Bertz CT molecular complexity index is 543. The number of aryl methyl sites for hydroxylation is 1. The second kappa shape index (κ2) is 3.56. The minimum Gasteiger partial charge on any atom is -0.463 e. The summed E-state index contributed by atoms with van der Waals surface area (Å²) in [5.74, 6) is 0.795. The molecule has 0 spiro atoms. The van der Waals surface area contributed by atoms with Crippen LogP contribution in [0.15, 0.2) is 33.9 Å². The molecular formula is C12H11N3O. The molecule has 0 aliphatic carbocycles. The smallest absolute Gasteiger partial charge is 0.152 e. The number of furan rings is 1. The second-order valence-electron chi connectivity index (χ2n) is 3.79. The minimum absolute atomic E-state index is 0.734. The Hall–Kier alpha value is -1.97. The monoisotopic (exact) mass is 213 g/mol. The van der Waals surface area contributed by atoms with Crippen LogP contribution in [0.1, 0.15) is 22.7 Å². The van der Waals surface area contributed by atoms with Gasteiger partial charge in [-0.3, -0.25) is 4.99 Å². The summed E-state index contributed by atoms with van der Waals surface area (Å²) >= 11 is 0. The van der Waals surface area contributed by atoms with Crippen molar-refractivity contribution in [3.63, 3.8) is 0 Å². The number of aliphatic imine (C=N–C) groups is 1. The van der Waals surface area contributed by atoms with Gasteiger partial charge in [-0.05, 0) is 25.1 Å². The van der Waals surface area contributed by atoms with Crippen molar-refractivity contribution in [2.45, 2.75) is 13.3 Å². The van der Waals surface area contributed by atoms with E-state index in [4.69, 9.17) is 4.42 Å². The van der Waals surface area contributed by atoms with Crippen LogP contribution in [0.3, 0.4) is 0 Å². The van der Waals surface area contributed by atoms with Gasteiger partial charge in [0.1, 0.15) is 5.71 Å². The van der Waals surface area contributed by atoms with Gasteiger partial charge in [-0.2, -0.15) is 10.2 Å². The van der Waals surface area contributed by atoms with Crippen LogP contribution in [-0.4, -0.2) is 22.5 Å². The van der Waals surface area contributed by atoms with Gasteiger partial charge >= 0.3 is 0 Å². The lowest BCUT2D eigenvalue weighted by atomic mass is 10.1. The lowest BCUT2D eigenvalue weighted by Crippen LogP contribution is -2.06. The first kappa shape index (κ1) is 9.27. The summed E-state index contributed by atoms with van der Waals surface area (Å²) in [4.78, 5) is 4.55. The Morgan fingerprint density at radius 3 is 3.06 bits per heavy atom. The first-order valence-corrected chi connectivity index (χ1v) is 5.26. The Labute approximate surface area is 93.0 Å². The van der Waals surface area contributed by atoms with E-state index in [0.717, 1.165) is 41.4 Å². The molecular weight excluding hydrogens is 202 g/mol. The van der Waals surface area contributed by atoms with Crippen LogP contribution in [0, 0.1) is 6.92 Å². The molecule has 1 aliphatic heterocycles. The molecule has 3 heterocycles. The molecule has 0 atom stereocenters. The maximum Gasteiger partial charge on any atom is 0.152 e. The van der Waals surface area contributed by atoms with Crippen LogP contribution in [0.2, 0.25) is 0 Å². The molecule has 1 aliphatic rings. The summed E-state index contributed by atoms with van der Waals surface area (Å²) in [5.41, 5.74) is 3.79. The van der Waals surface area contributed by atoms with Gasteiger partial charge in [0, 0.05) is 18.5 Å². The average Bonchev–Trinajstić information content (AvgIpc) is 2.75. The topological polar surface area (TPSA) is 51.3 Å². The zero-order valence-corrected chi connectivity index (χ0v) is 8.97. The number of hydrogen-bond acceptors (Lipinski definition) is 4. The van der Waals surface area contributed by atoms with Crippen LogP contribution in [-0.2, 0) is 6.42 Å². The molecule has 2 aromatic heterocycles. The van der Waals surface area contributed by atoms with E-state index in [1.165, 1.54) is 0 Å². The molecule has 0 fully saturated rings. The van der Waals surface area contributed by atoms with Gasteiger partial charge in [0.2, 0.25) is 0 Å². The standard InChI is InChI=1S/C12H11N3O/c1-8-10-7-9(15-14-8)4-5-13-12(10)11-3-2-6-16-11/h2-3,6-7H,4-5H2,1H3. The van der Waals surface area contributed by atoms with E-state index in [-0.39, 0.29) is 0 Å². The van der Waals surface area contributed by atoms with E-state index in [2.05, 4.69) is 21.3 Å². The third-order valence-electron chi connectivity index (χ3n) is 2.68. The van der Waals surface area contributed by atoms with Crippen LogP contribution in [0.4, 0.5) is 0 Å². The quantitative estimate of drug-likeness (QED) is 0.725. The fourth-order valence-corrected chi connectivity index (χ4v) is 1.85. The maximum absolute atomic E-state index is 5.40. The average molecular weight is 213 g/mol. The number of aromatic nitrogens is 2. The van der Waals surface area contributed by atoms with Crippen LogP contribution in [0.5, 0.6) is 0 Å². The van der Waals surface area contributed by atoms with Crippen molar-refractivity contribution in [1.29, 1.82) is 0 Å². The zero-order valence-electron chi connectivity index (χ0n) is 8.97. The Kier molecular flexibility index (Phi) is 2.06. The first-order chi connectivity index (χ1) is 7.84. The highest BCUT2D eigenvalue weighted by Crippen LogP contribution is 2.17. The third kappa shape index (κ3) is 1.43. The van der Waals surface area contributed by atoms with Crippen molar-refractivity contribution in [3.05, 3.63) is 47.2 Å². The van der Waals surface area contributed by atoms with Gasteiger partial charge in [0.25, 0.3) is 0 Å². The lowest BCUT2D eigenvalue weighted by Gasteiger charge is -2.04. The number of fused-ring (bicyclic) bond motifs is 2. The van der Waals surface area contributed by atoms with E-state index in [1.54, 1.807) is 6.26 Å². The van der Waals surface area contributed by atoms with Crippen molar-refractivity contribution in [2.75, 3.05) is 6.54 Å². The normalized spacial score (nSPS) is 14.4. The predicted octanol–water partition coefficient (Wildman–Crippen LogP) is 1.77. The van der Waals surface area contributed by atoms with Gasteiger partial charge < -0.3 is 4.42 Å². The molecule has 0 amide bonds. The third-order valence-corrected chi connectivity index (χ3v) is 2.68. The Balaban J connectivity index is 2.19. The lowest BCUT2D eigenvalue weighted by molar-refractivity contribution is 0.557. The molecule has 4 heteroatoms. The number of nitrogens with zero attached hydrogens (tertiary/aromatic N) is 3. The molecule has 80 valence electrons. The fourth-order valence-electron chi connectivity index (χ4n) is 1.85. The van der Waals surface area contributed by atoms with E-state index >= 15 is 0 Å². The van der Waals surface area contributed by atoms with Gasteiger partial charge in [-0.25, -0.2) is 0 Å². The highest BCUT2D eigenvalue weighted by Gasteiger charge is 2.17. The molecule has 0 unspecified atom stereocenters. The zero-order chi connectivity index (χ0) is 11.0. The molecule has 0 saturated carbocycles. The molecule has 3 rings (SSSR count). The van der Waals surface area contributed by atoms with Crippen LogP contribution in [0.25, 0.3) is 0 Å². The SMILES string of the molecule is Cc1nnc2cc1C(c1ccco1)=NCC2. The molecule has 0 N–H and O–H groups in total. The van der Waals surface area contributed by atoms with Crippen molar-refractivity contribution < 1.29 is 4.42 Å². The summed E-state index contributed by atoms with van der Waals surface area (Å²) in [5, 5.41) is 8.28. The molecule has 2 aromatic rings. The number of hydrogen-bond donors (Lipinski definition) is 0. The fraction of sp³-hybridized carbons (Fsp3) is 0.250. The van der Waals surface area contributed by atoms with E-state index in [9.17, 15) is 0 Å². The summed E-state index contributed by atoms with van der Waals surface area (Å²) in [7, 11) is 0. The van der Waals surface area contributed by atoms with Crippen molar-refractivity contribution >= 4 is 5.71 Å². The van der Waals surface area contributed by atoms with Gasteiger partial charge in [-0.15, -0.1) is 0 Å². The minimum atomic E-state index is 0.734. The molecule has 4 nitrogen and oxygen atoms in total. The van der Waals surface area contributed by atoms with Crippen molar-refractivity contribution in [1.82, 2.24) is 10.2 Å². The molecule has 0 aromatic carbocycles. The van der Waals surface area contributed by atoms with Gasteiger partial charge in [-0.1, -0.05) is 0 Å². The van der Waals surface area contributed by atoms with Crippen molar-refractivity contribution in [3.8, 4) is 0 Å². The molecule has 0 saturated heterocycles. The van der Waals surface area contributed by atoms with Crippen LogP contribution < -0.4 is 0 Å². The summed E-state index contributed by atoms with van der Waals surface area (Å²) in [6.07, 6.45) is 2.50. The van der Waals surface area contributed by atoms with E-state index < -0.39 is 0 Å². The Morgan fingerprint density at radius 1 is 1.31 bits per heavy atom. The predicted molar refractivity (Wildman–Crippen MR) is 59.7 cm³/mol. The van der Waals surface area contributed by atoms with Crippen LogP contribution >= 0.6 is 0 Å². The highest BCUT2D eigenvalue weighted by atomic mass is 16.3. The van der Waals surface area contributed by atoms with E-state index in [0.29, 0.717) is 0 Å². The highest BCUT2D eigenvalue weighted by molar-refractivity contribution is 6.12. The number of rotatable bonds is 1. The molecule has 16 heavy (non-hydrogen) atoms.